The lowest BCUT2D eigenvalue weighted by Crippen LogP contribution is -2.18. The van der Waals surface area contributed by atoms with E-state index in [0.29, 0.717) is 0 Å². The summed E-state index contributed by atoms with van der Waals surface area (Å²) < 4.78 is 1.50. The van der Waals surface area contributed by atoms with Crippen molar-refractivity contribution < 1.29 is 0 Å². The van der Waals surface area contributed by atoms with Crippen LogP contribution in [0.15, 0.2) is 17.1 Å². The van der Waals surface area contributed by atoms with Crippen LogP contribution in [0.25, 0.3) is 0 Å². The third-order valence-corrected chi connectivity index (χ3v) is 1.29. The van der Waals surface area contributed by atoms with Gasteiger partial charge in [0.05, 0.1) is 0 Å². The van der Waals surface area contributed by atoms with Crippen LogP contribution in [0.3, 0.4) is 0 Å². The molecule has 0 amide bonds. The Kier molecular flexibility index (Phi) is 1.34. The van der Waals surface area contributed by atoms with E-state index in [4.69, 9.17) is 0 Å². The van der Waals surface area contributed by atoms with Gasteiger partial charge in [-0.2, -0.15) is 0 Å². The molecule has 0 aliphatic rings. The lowest BCUT2D eigenvalue weighted by Gasteiger charge is -1.97. The summed E-state index contributed by atoms with van der Waals surface area (Å²) in [7, 11) is 1.70. The number of hydrogen-bond donors (Lipinski definition) is 0. The van der Waals surface area contributed by atoms with Crippen LogP contribution in [-0.2, 0) is 7.05 Å². The van der Waals surface area contributed by atoms with Gasteiger partial charge < -0.3 is 4.57 Å². The Hall–Kier alpha value is -1.12. The molecule has 0 saturated heterocycles. The molecule has 0 aromatic carbocycles. The molecule has 1 heterocycles. The van der Waals surface area contributed by atoms with Crippen molar-refractivity contribution in [3.8, 4) is 0 Å². The van der Waals surface area contributed by atoms with Crippen molar-refractivity contribution in [2.24, 2.45) is 7.05 Å². The Morgan fingerprint density at radius 3 is 2.78 bits per heavy atom. The quantitative estimate of drug-likeness (QED) is 0.491. The van der Waals surface area contributed by atoms with Crippen molar-refractivity contribution in [2.45, 2.75) is 6.92 Å². The van der Waals surface area contributed by atoms with Crippen LogP contribution in [0.1, 0.15) is 5.82 Å². The Morgan fingerprint density at radius 1 is 1.67 bits per heavy atom. The van der Waals surface area contributed by atoms with Gasteiger partial charge in [-0.3, -0.25) is 4.79 Å². The maximum Gasteiger partial charge on any atom is 0.253 e. The van der Waals surface area contributed by atoms with Crippen LogP contribution in [0.4, 0.5) is 0 Å². The zero-order valence-electron chi connectivity index (χ0n) is 5.46. The minimum atomic E-state index is -0.0116. The fourth-order valence-electron chi connectivity index (χ4n) is 0.567. The maximum absolute atomic E-state index is 10.8. The Bertz CT molecular complexity index is 264. The van der Waals surface area contributed by atoms with E-state index in [-0.39, 0.29) is 5.56 Å². The molecule has 0 bridgehead atoms. The molecular weight excluding hydrogens is 116 g/mol. The van der Waals surface area contributed by atoms with Gasteiger partial charge in [0.15, 0.2) is 0 Å². The van der Waals surface area contributed by atoms with Crippen molar-refractivity contribution in [1.29, 1.82) is 0 Å². The van der Waals surface area contributed by atoms with Gasteiger partial charge in [0, 0.05) is 19.3 Å². The number of aryl methyl sites for hydroxylation is 1. The Balaban J connectivity index is 3.43. The second-order valence-electron chi connectivity index (χ2n) is 1.89. The van der Waals surface area contributed by atoms with Gasteiger partial charge in [-0.05, 0) is 6.92 Å². The summed E-state index contributed by atoms with van der Waals surface area (Å²) in [5.41, 5.74) is -0.0116. The normalized spacial score (nSPS) is 9.56. The summed E-state index contributed by atoms with van der Waals surface area (Å²) >= 11 is 0. The zero-order valence-corrected chi connectivity index (χ0v) is 5.46. The molecule has 0 spiro atoms. The highest BCUT2D eigenvalue weighted by Gasteiger charge is 1.89. The monoisotopic (exact) mass is 124 g/mol. The van der Waals surface area contributed by atoms with E-state index in [2.05, 4.69) is 4.98 Å². The first-order valence-electron chi connectivity index (χ1n) is 2.70. The van der Waals surface area contributed by atoms with Crippen molar-refractivity contribution in [1.82, 2.24) is 9.55 Å². The standard InChI is InChI=1S/C6H8N2O/c1-5-7-4-3-6(9)8(5)2/h3-4H,1-2H3. The summed E-state index contributed by atoms with van der Waals surface area (Å²) in [6.07, 6.45) is 1.51. The molecule has 0 aliphatic carbocycles. The van der Waals surface area contributed by atoms with Crippen molar-refractivity contribution in [3.63, 3.8) is 0 Å². The molecule has 0 unspecified atom stereocenters. The molecular formula is C6H8N2O. The largest absolute Gasteiger partial charge is 0.300 e. The van der Waals surface area contributed by atoms with E-state index in [0.717, 1.165) is 5.82 Å². The van der Waals surface area contributed by atoms with Crippen LogP contribution < -0.4 is 5.56 Å². The fourth-order valence-corrected chi connectivity index (χ4v) is 0.567. The molecule has 1 rings (SSSR count). The minimum absolute atomic E-state index is 0.0116. The van der Waals surface area contributed by atoms with E-state index >= 15 is 0 Å². The SMILES string of the molecule is Cc1nccc(=O)n1C. The van der Waals surface area contributed by atoms with Gasteiger partial charge in [0.25, 0.3) is 5.56 Å². The first kappa shape index (κ1) is 6.01. The van der Waals surface area contributed by atoms with Gasteiger partial charge in [0.1, 0.15) is 5.82 Å². The number of rotatable bonds is 0. The number of hydrogen-bond acceptors (Lipinski definition) is 2. The van der Waals surface area contributed by atoms with Gasteiger partial charge in [0.2, 0.25) is 0 Å². The first-order valence-corrected chi connectivity index (χ1v) is 2.70. The van der Waals surface area contributed by atoms with E-state index in [1.165, 1.54) is 16.8 Å². The zero-order chi connectivity index (χ0) is 6.85. The molecule has 0 fully saturated rings. The molecule has 1 aromatic heterocycles. The lowest BCUT2D eigenvalue weighted by atomic mass is 10.6. The Labute approximate surface area is 53.0 Å². The lowest BCUT2D eigenvalue weighted by molar-refractivity contribution is 0.775. The summed E-state index contributed by atoms with van der Waals surface area (Å²) in [5, 5.41) is 0. The smallest absolute Gasteiger partial charge is 0.253 e. The third kappa shape index (κ3) is 0.988. The number of nitrogens with zero attached hydrogens (tertiary/aromatic N) is 2. The summed E-state index contributed by atoms with van der Waals surface area (Å²) in [5.74, 6) is 0.738. The van der Waals surface area contributed by atoms with Crippen LogP contribution in [0.2, 0.25) is 0 Å². The third-order valence-electron chi connectivity index (χ3n) is 1.29. The van der Waals surface area contributed by atoms with Crippen LogP contribution in [-0.4, -0.2) is 9.55 Å². The molecule has 0 radical (unpaired) electrons. The van der Waals surface area contributed by atoms with Crippen LogP contribution in [0, 0.1) is 6.92 Å². The molecule has 9 heavy (non-hydrogen) atoms. The fraction of sp³-hybridized carbons (Fsp3) is 0.333. The number of aromatic nitrogens is 2. The topological polar surface area (TPSA) is 34.9 Å². The van der Waals surface area contributed by atoms with Gasteiger partial charge in [-0.25, -0.2) is 4.98 Å². The van der Waals surface area contributed by atoms with Crippen molar-refractivity contribution in [3.05, 3.63) is 28.4 Å². The molecule has 0 saturated carbocycles. The molecule has 0 aliphatic heterocycles. The molecule has 3 nitrogen and oxygen atoms in total. The average Bonchev–Trinajstić information content (AvgIpc) is 1.83. The maximum atomic E-state index is 10.8. The molecule has 48 valence electrons. The van der Waals surface area contributed by atoms with Gasteiger partial charge in [-0.15, -0.1) is 0 Å². The second-order valence-corrected chi connectivity index (χ2v) is 1.89. The highest BCUT2D eigenvalue weighted by Crippen LogP contribution is 1.80. The van der Waals surface area contributed by atoms with Crippen molar-refractivity contribution >= 4 is 0 Å². The summed E-state index contributed by atoms with van der Waals surface area (Å²) in [6.45, 7) is 1.79. The van der Waals surface area contributed by atoms with Gasteiger partial charge >= 0.3 is 0 Å². The van der Waals surface area contributed by atoms with E-state index < -0.39 is 0 Å². The minimum Gasteiger partial charge on any atom is -0.300 e. The van der Waals surface area contributed by atoms with Crippen molar-refractivity contribution in [2.75, 3.05) is 0 Å². The van der Waals surface area contributed by atoms with Crippen LogP contribution >= 0.6 is 0 Å². The molecule has 1 aromatic rings. The molecule has 0 N–H and O–H groups in total. The second kappa shape index (κ2) is 2.01. The highest BCUT2D eigenvalue weighted by molar-refractivity contribution is 4.89. The first-order chi connectivity index (χ1) is 4.22. The summed E-state index contributed by atoms with van der Waals surface area (Å²) in [6, 6.07) is 1.44. The highest BCUT2D eigenvalue weighted by atomic mass is 16.1. The van der Waals surface area contributed by atoms with E-state index in [9.17, 15) is 4.79 Å². The summed E-state index contributed by atoms with van der Waals surface area (Å²) in [4.78, 5) is 14.7. The van der Waals surface area contributed by atoms with Crippen LogP contribution in [0.5, 0.6) is 0 Å². The molecule has 3 heteroatoms. The molecule has 0 atom stereocenters. The van der Waals surface area contributed by atoms with E-state index in [1.807, 2.05) is 0 Å². The van der Waals surface area contributed by atoms with E-state index in [1.54, 1.807) is 14.0 Å². The predicted octanol–water partition coefficient (Wildman–Crippen LogP) is 0.0887. The Morgan fingerprint density at radius 2 is 2.33 bits per heavy atom. The average molecular weight is 124 g/mol. The predicted molar refractivity (Wildman–Crippen MR) is 34.2 cm³/mol. The van der Waals surface area contributed by atoms with Gasteiger partial charge in [-0.1, -0.05) is 0 Å².